The van der Waals surface area contributed by atoms with Gasteiger partial charge in [-0.15, -0.1) is 11.8 Å². The van der Waals surface area contributed by atoms with Crippen LogP contribution in [0, 0.1) is 5.82 Å². The van der Waals surface area contributed by atoms with Crippen molar-refractivity contribution in [1.82, 2.24) is 0 Å². The van der Waals surface area contributed by atoms with Crippen molar-refractivity contribution in [3.63, 3.8) is 0 Å². The molecule has 110 valence electrons. The lowest BCUT2D eigenvalue weighted by Crippen LogP contribution is -1.99. The summed E-state index contributed by atoms with van der Waals surface area (Å²) in [5.74, 6) is 0.879. The molecule has 0 unspecified atom stereocenters. The lowest BCUT2D eigenvalue weighted by Gasteiger charge is -2.03. The Morgan fingerprint density at radius 2 is 1.62 bits per heavy atom. The number of hydrogen-bond donors (Lipinski definition) is 0. The van der Waals surface area contributed by atoms with Crippen LogP contribution in [0.25, 0.3) is 0 Å². The third kappa shape index (κ3) is 5.72. The van der Waals surface area contributed by atoms with Crippen molar-refractivity contribution >= 4 is 17.5 Å². The Morgan fingerprint density at radius 3 is 2.33 bits per heavy atom. The normalized spacial score (nSPS) is 10.5. The zero-order valence-electron chi connectivity index (χ0n) is 11.9. The van der Waals surface area contributed by atoms with E-state index in [0.29, 0.717) is 12.0 Å². The standard InChI is InChI=1S/C18H19FOS/c19-16-12-10-15(11-13-16)18(20)9-5-2-6-14-21-17-7-3-1-4-8-17/h1,3-4,7-8,10-13H,2,5-6,9,14H2. The molecule has 0 N–H and O–H groups in total. The van der Waals surface area contributed by atoms with Gasteiger partial charge in [-0.25, -0.2) is 4.39 Å². The topological polar surface area (TPSA) is 17.1 Å². The van der Waals surface area contributed by atoms with Crippen LogP contribution in [0.2, 0.25) is 0 Å². The van der Waals surface area contributed by atoms with Gasteiger partial charge in [-0.05, 0) is 55.0 Å². The molecule has 0 aliphatic rings. The summed E-state index contributed by atoms with van der Waals surface area (Å²) in [4.78, 5) is 13.2. The zero-order valence-corrected chi connectivity index (χ0v) is 12.7. The van der Waals surface area contributed by atoms with Crippen molar-refractivity contribution in [2.75, 3.05) is 5.75 Å². The van der Waals surface area contributed by atoms with E-state index in [1.165, 1.54) is 17.0 Å². The highest BCUT2D eigenvalue weighted by Crippen LogP contribution is 2.19. The van der Waals surface area contributed by atoms with Crippen LogP contribution in [-0.2, 0) is 0 Å². The monoisotopic (exact) mass is 302 g/mol. The zero-order chi connectivity index (χ0) is 14.9. The fourth-order valence-electron chi connectivity index (χ4n) is 2.05. The fourth-order valence-corrected chi connectivity index (χ4v) is 2.99. The van der Waals surface area contributed by atoms with Gasteiger partial charge < -0.3 is 0 Å². The largest absolute Gasteiger partial charge is 0.294 e. The van der Waals surface area contributed by atoms with Gasteiger partial charge >= 0.3 is 0 Å². The number of ketones is 1. The fraction of sp³-hybridized carbons (Fsp3) is 0.278. The summed E-state index contributed by atoms with van der Waals surface area (Å²) < 4.78 is 12.8. The van der Waals surface area contributed by atoms with Crippen LogP contribution in [0.5, 0.6) is 0 Å². The van der Waals surface area contributed by atoms with E-state index < -0.39 is 0 Å². The molecule has 0 amide bonds. The van der Waals surface area contributed by atoms with Gasteiger partial charge in [-0.3, -0.25) is 4.79 Å². The molecule has 21 heavy (non-hydrogen) atoms. The second kappa shape index (κ2) is 8.63. The first kappa shape index (κ1) is 15.8. The third-order valence-electron chi connectivity index (χ3n) is 3.23. The molecule has 2 aromatic carbocycles. The second-order valence-corrected chi connectivity index (χ2v) is 6.07. The Labute approximate surface area is 129 Å². The SMILES string of the molecule is O=C(CCCCCSc1ccccc1)c1ccc(F)cc1. The Balaban J connectivity index is 1.59. The van der Waals surface area contributed by atoms with E-state index in [-0.39, 0.29) is 11.6 Å². The number of hydrogen-bond acceptors (Lipinski definition) is 2. The Morgan fingerprint density at radius 1 is 0.905 bits per heavy atom. The molecule has 0 aromatic heterocycles. The van der Waals surface area contributed by atoms with E-state index in [9.17, 15) is 9.18 Å². The molecular formula is C18H19FOS. The predicted molar refractivity (Wildman–Crippen MR) is 86.4 cm³/mol. The molecule has 0 aliphatic heterocycles. The summed E-state index contributed by atoms with van der Waals surface area (Å²) in [7, 11) is 0. The number of unbranched alkanes of at least 4 members (excludes halogenated alkanes) is 2. The number of carbonyl (C=O) groups is 1. The van der Waals surface area contributed by atoms with Crippen LogP contribution < -0.4 is 0 Å². The predicted octanol–water partition coefficient (Wildman–Crippen LogP) is 5.36. The Kier molecular flexibility index (Phi) is 6.48. The molecular weight excluding hydrogens is 283 g/mol. The molecule has 3 heteroatoms. The van der Waals surface area contributed by atoms with Crippen LogP contribution in [0.3, 0.4) is 0 Å². The highest BCUT2D eigenvalue weighted by Gasteiger charge is 2.05. The maximum absolute atomic E-state index is 12.8. The molecule has 0 fully saturated rings. The maximum Gasteiger partial charge on any atom is 0.162 e. The van der Waals surface area contributed by atoms with Gasteiger partial charge in [-0.2, -0.15) is 0 Å². The molecule has 2 aromatic rings. The number of rotatable bonds is 8. The highest BCUT2D eigenvalue weighted by molar-refractivity contribution is 7.99. The van der Waals surface area contributed by atoms with Gasteiger partial charge in [0.2, 0.25) is 0 Å². The number of Topliss-reactive ketones (excluding diaryl/α,β-unsaturated/α-hetero) is 1. The Hall–Kier alpha value is -1.61. The summed E-state index contributed by atoms with van der Waals surface area (Å²) in [5.41, 5.74) is 0.607. The quantitative estimate of drug-likeness (QED) is 0.371. The second-order valence-electron chi connectivity index (χ2n) is 4.90. The molecule has 0 spiro atoms. The highest BCUT2D eigenvalue weighted by atomic mass is 32.2. The van der Waals surface area contributed by atoms with E-state index in [1.54, 1.807) is 12.1 Å². The molecule has 0 saturated heterocycles. The molecule has 0 saturated carbocycles. The van der Waals surface area contributed by atoms with E-state index in [2.05, 4.69) is 12.1 Å². The maximum atomic E-state index is 12.8. The number of carbonyl (C=O) groups excluding carboxylic acids is 1. The van der Waals surface area contributed by atoms with Crippen LogP contribution in [-0.4, -0.2) is 11.5 Å². The number of thioether (sulfide) groups is 1. The van der Waals surface area contributed by atoms with Gasteiger partial charge in [0.15, 0.2) is 5.78 Å². The molecule has 2 rings (SSSR count). The van der Waals surface area contributed by atoms with Gasteiger partial charge in [0.1, 0.15) is 5.82 Å². The molecule has 0 heterocycles. The first-order valence-electron chi connectivity index (χ1n) is 7.22. The van der Waals surface area contributed by atoms with Crippen LogP contribution in [0.15, 0.2) is 59.5 Å². The van der Waals surface area contributed by atoms with E-state index in [1.807, 2.05) is 30.0 Å². The van der Waals surface area contributed by atoms with Gasteiger partial charge in [0.25, 0.3) is 0 Å². The van der Waals surface area contributed by atoms with Gasteiger partial charge in [-0.1, -0.05) is 24.6 Å². The van der Waals surface area contributed by atoms with E-state index >= 15 is 0 Å². The first-order chi connectivity index (χ1) is 10.3. The average Bonchev–Trinajstić information content (AvgIpc) is 2.52. The number of halogens is 1. The minimum atomic E-state index is -0.301. The molecule has 0 atom stereocenters. The van der Waals surface area contributed by atoms with E-state index in [0.717, 1.165) is 25.0 Å². The first-order valence-corrected chi connectivity index (χ1v) is 8.21. The summed E-state index contributed by atoms with van der Waals surface area (Å²) in [6, 6.07) is 16.1. The summed E-state index contributed by atoms with van der Waals surface area (Å²) in [6.07, 6.45) is 3.59. The summed E-state index contributed by atoms with van der Waals surface area (Å²) in [6.45, 7) is 0. The smallest absolute Gasteiger partial charge is 0.162 e. The lowest BCUT2D eigenvalue weighted by molar-refractivity contribution is 0.0979. The van der Waals surface area contributed by atoms with Crippen molar-refractivity contribution in [2.24, 2.45) is 0 Å². The third-order valence-corrected chi connectivity index (χ3v) is 4.32. The molecule has 1 nitrogen and oxygen atoms in total. The van der Waals surface area contributed by atoms with Crippen LogP contribution in [0.4, 0.5) is 4.39 Å². The molecule has 0 bridgehead atoms. The molecule has 0 radical (unpaired) electrons. The molecule has 0 aliphatic carbocycles. The summed E-state index contributed by atoms with van der Waals surface area (Å²) in [5, 5.41) is 0. The van der Waals surface area contributed by atoms with Crippen molar-refractivity contribution in [2.45, 2.75) is 30.6 Å². The van der Waals surface area contributed by atoms with Crippen molar-refractivity contribution < 1.29 is 9.18 Å². The average molecular weight is 302 g/mol. The lowest BCUT2D eigenvalue weighted by atomic mass is 10.1. The van der Waals surface area contributed by atoms with Crippen molar-refractivity contribution in [3.05, 3.63) is 66.0 Å². The van der Waals surface area contributed by atoms with Gasteiger partial charge in [0.05, 0.1) is 0 Å². The summed E-state index contributed by atoms with van der Waals surface area (Å²) >= 11 is 1.85. The van der Waals surface area contributed by atoms with Gasteiger partial charge in [0, 0.05) is 16.9 Å². The Bertz CT molecular complexity index is 551. The van der Waals surface area contributed by atoms with Crippen molar-refractivity contribution in [1.29, 1.82) is 0 Å². The minimum Gasteiger partial charge on any atom is -0.294 e. The van der Waals surface area contributed by atoms with Crippen LogP contribution in [0.1, 0.15) is 36.0 Å². The van der Waals surface area contributed by atoms with Crippen molar-refractivity contribution in [3.8, 4) is 0 Å². The van der Waals surface area contributed by atoms with E-state index in [4.69, 9.17) is 0 Å². The number of benzene rings is 2. The minimum absolute atomic E-state index is 0.103. The van der Waals surface area contributed by atoms with Crippen LogP contribution >= 0.6 is 11.8 Å².